The molecule has 2 heterocycles. The van der Waals surface area contributed by atoms with Gasteiger partial charge in [-0.1, -0.05) is 29.2 Å². The molecule has 134 valence electrons. The van der Waals surface area contributed by atoms with Crippen LogP contribution in [0.1, 0.15) is 6.42 Å². The molecule has 1 aliphatic rings. The third-order valence-electron chi connectivity index (χ3n) is 3.41. The predicted octanol–water partition coefficient (Wildman–Crippen LogP) is 1.82. The molecule has 3 rings (SSSR count). The van der Waals surface area contributed by atoms with Crippen molar-refractivity contribution in [1.29, 1.82) is 0 Å². The van der Waals surface area contributed by atoms with Crippen LogP contribution in [0.3, 0.4) is 0 Å². The molecule has 0 bridgehead atoms. The first kappa shape index (κ1) is 18.1. The first-order valence-electron chi connectivity index (χ1n) is 7.38. The van der Waals surface area contributed by atoms with Gasteiger partial charge in [0.25, 0.3) is 0 Å². The Hall–Kier alpha value is -1.72. The highest BCUT2D eigenvalue weighted by Crippen LogP contribution is 2.27. The van der Waals surface area contributed by atoms with E-state index in [9.17, 15) is 17.6 Å². The lowest BCUT2D eigenvalue weighted by molar-refractivity contribution is -0.119. The molecule has 0 unspecified atom stereocenters. The summed E-state index contributed by atoms with van der Waals surface area (Å²) in [5, 5.41) is 14.1. The monoisotopic (exact) mass is 402 g/mol. The Bertz CT molecular complexity index is 872. The van der Waals surface area contributed by atoms with E-state index in [1.165, 1.54) is 35.2 Å². The number of rotatable bonds is 6. The fourth-order valence-electron chi connectivity index (χ4n) is 2.31. The Morgan fingerprint density at radius 2 is 2.24 bits per heavy atom. The summed E-state index contributed by atoms with van der Waals surface area (Å²) < 4.78 is 36.5. The van der Waals surface area contributed by atoms with Crippen molar-refractivity contribution in [2.24, 2.45) is 0 Å². The van der Waals surface area contributed by atoms with Gasteiger partial charge in [-0.3, -0.25) is 4.79 Å². The van der Waals surface area contributed by atoms with Crippen LogP contribution in [0.2, 0.25) is 0 Å². The number of halogens is 1. The summed E-state index contributed by atoms with van der Waals surface area (Å²) in [5.74, 6) is -0.331. The number of benzene rings is 1. The summed E-state index contributed by atoms with van der Waals surface area (Å²) in [6.45, 7) is 0. The van der Waals surface area contributed by atoms with Crippen LogP contribution in [-0.2, 0) is 14.6 Å². The summed E-state index contributed by atoms with van der Waals surface area (Å²) in [4.78, 5) is 11.9. The molecule has 0 aliphatic carbocycles. The number of anilines is 2. The maximum absolute atomic E-state index is 13.1. The minimum atomic E-state index is -3.01. The van der Waals surface area contributed by atoms with Crippen molar-refractivity contribution in [3.05, 3.63) is 30.1 Å². The van der Waals surface area contributed by atoms with Crippen molar-refractivity contribution in [2.45, 2.75) is 16.8 Å². The molecule has 0 radical (unpaired) electrons. The minimum Gasteiger partial charge on any atom is -0.352 e. The van der Waals surface area contributed by atoms with E-state index in [0.717, 1.165) is 0 Å². The van der Waals surface area contributed by atoms with E-state index in [1.54, 1.807) is 12.1 Å². The summed E-state index contributed by atoms with van der Waals surface area (Å²) in [6.07, 6.45) is 0.458. The molecule has 1 fully saturated rings. The minimum absolute atomic E-state index is 0.00389. The van der Waals surface area contributed by atoms with E-state index in [-0.39, 0.29) is 35.0 Å². The highest BCUT2D eigenvalue weighted by atomic mass is 32.2. The number of carbonyl (C=O) groups is 1. The van der Waals surface area contributed by atoms with E-state index < -0.39 is 9.84 Å². The molecule has 1 saturated heterocycles. The number of thioether (sulfide) groups is 1. The molecule has 0 spiro atoms. The Balaban J connectivity index is 1.47. The Morgan fingerprint density at radius 3 is 2.96 bits per heavy atom. The fourth-order valence-corrected chi connectivity index (χ4v) is 5.57. The average Bonchev–Trinajstić information content (AvgIpc) is 3.11. The van der Waals surface area contributed by atoms with Gasteiger partial charge in [0.1, 0.15) is 5.82 Å². The van der Waals surface area contributed by atoms with Gasteiger partial charge < -0.3 is 10.6 Å². The van der Waals surface area contributed by atoms with Crippen molar-refractivity contribution in [2.75, 3.05) is 22.6 Å². The zero-order valence-electron chi connectivity index (χ0n) is 12.9. The van der Waals surface area contributed by atoms with E-state index >= 15 is 0 Å². The largest absolute Gasteiger partial charge is 0.352 e. The molecule has 7 nitrogen and oxygen atoms in total. The second-order valence-corrected chi connectivity index (χ2v) is 9.89. The van der Waals surface area contributed by atoms with Gasteiger partial charge in [0.2, 0.25) is 11.0 Å². The summed E-state index contributed by atoms with van der Waals surface area (Å²) in [7, 11) is -3.01. The highest BCUT2D eigenvalue weighted by molar-refractivity contribution is 8.01. The second-order valence-electron chi connectivity index (χ2n) is 5.46. The topological polar surface area (TPSA) is 101 Å². The number of carbonyl (C=O) groups excluding carboxylic acids is 1. The van der Waals surface area contributed by atoms with Gasteiger partial charge in [0, 0.05) is 11.7 Å². The van der Waals surface area contributed by atoms with Crippen LogP contribution < -0.4 is 10.6 Å². The molecule has 1 amide bonds. The molecule has 25 heavy (non-hydrogen) atoms. The van der Waals surface area contributed by atoms with E-state index in [4.69, 9.17) is 0 Å². The molecule has 1 aliphatic heterocycles. The first-order valence-corrected chi connectivity index (χ1v) is 11.0. The average molecular weight is 402 g/mol. The second kappa shape index (κ2) is 7.67. The van der Waals surface area contributed by atoms with Gasteiger partial charge in [0.05, 0.1) is 17.3 Å². The summed E-state index contributed by atoms with van der Waals surface area (Å²) >= 11 is 2.47. The Labute approximate surface area is 152 Å². The molecule has 1 aromatic carbocycles. The van der Waals surface area contributed by atoms with Crippen molar-refractivity contribution in [1.82, 2.24) is 15.5 Å². The third-order valence-corrected chi connectivity index (χ3v) is 7.15. The van der Waals surface area contributed by atoms with Crippen LogP contribution in [0, 0.1) is 5.82 Å². The van der Waals surface area contributed by atoms with Gasteiger partial charge in [-0.25, -0.2) is 12.8 Å². The third kappa shape index (κ3) is 5.38. The van der Waals surface area contributed by atoms with Crippen molar-refractivity contribution < 1.29 is 17.6 Å². The lowest BCUT2D eigenvalue weighted by Gasteiger charge is -2.09. The summed E-state index contributed by atoms with van der Waals surface area (Å²) in [6, 6.07) is 5.68. The van der Waals surface area contributed by atoms with Gasteiger partial charge in [-0.15, -0.1) is 10.2 Å². The van der Waals surface area contributed by atoms with Crippen molar-refractivity contribution >= 4 is 49.7 Å². The molecule has 2 N–H and O–H groups in total. The molecule has 11 heteroatoms. The molecule has 1 atom stereocenters. The zero-order chi connectivity index (χ0) is 17.9. The zero-order valence-corrected chi connectivity index (χ0v) is 15.4. The molecule has 1 aromatic heterocycles. The molecule has 2 aromatic rings. The highest BCUT2D eigenvalue weighted by Gasteiger charge is 2.28. The standard InChI is InChI=1S/C14H15FN4O3S3/c15-9-2-1-3-10(6-9)17-13-18-19-14(24-13)23-7-12(20)16-11-4-5-25(21,22)8-11/h1-3,6,11H,4-5,7-8H2,(H,16,20)(H,17,18)/t11-/m1/s1. The van der Waals surface area contributed by atoms with Crippen LogP contribution in [0.5, 0.6) is 0 Å². The Kier molecular flexibility index (Phi) is 5.54. The van der Waals surface area contributed by atoms with Gasteiger partial charge in [-0.2, -0.15) is 0 Å². The Morgan fingerprint density at radius 1 is 1.40 bits per heavy atom. The van der Waals surface area contributed by atoms with Gasteiger partial charge in [-0.05, 0) is 24.6 Å². The van der Waals surface area contributed by atoms with Crippen LogP contribution in [0.25, 0.3) is 0 Å². The number of sulfone groups is 1. The maximum Gasteiger partial charge on any atom is 0.230 e. The van der Waals surface area contributed by atoms with E-state index in [1.807, 2.05) is 0 Å². The van der Waals surface area contributed by atoms with Crippen LogP contribution in [0.4, 0.5) is 15.2 Å². The normalized spacial score (nSPS) is 18.8. The molecular weight excluding hydrogens is 387 g/mol. The van der Waals surface area contributed by atoms with E-state index in [0.29, 0.717) is 21.6 Å². The predicted molar refractivity (Wildman–Crippen MR) is 95.5 cm³/mol. The number of hydrogen-bond donors (Lipinski definition) is 2. The van der Waals surface area contributed by atoms with Crippen LogP contribution in [0.15, 0.2) is 28.6 Å². The van der Waals surface area contributed by atoms with Gasteiger partial charge >= 0.3 is 0 Å². The smallest absolute Gasteiger partial charge is 0.230 e. The number of nitrogens with zero attached hydrogens (tertiary/aromatic N) is 2. The quantitative estimate of drug-likeness (QED) is 0.711. The molecular formula is C14H15FN4O3S3. The van der Waals surface area contributed by atoms with Gasteiger partial charge in [0.15, 0.2) is 14.2 Å². The summed E-state index contributed by atoms with van der Waals surface area (Å²) in [5.41, 5.74) is 0.563. The van der Waals surface area contributed by atoms with Crippen molar-refractivity contribution in [3.63, 3.8) is 0 Å². The molecule has 0 saturated carbocycles. The van der Waals surface area contributed by atoms with E-state index in [2.05, 4.69) is 20.8 Å². The first-order chi connectivity index (χ1) is 11.9. The fraction of sp³-hybridized carbons (Fsp3) is 0.357. The lowest BCUT2D eigenvalue weighted by Crippen LogP contribution is -2.36. The number of aromatic nitrogens is 2. The number of hydrogen-bond acceptors (Lipinski definition) is 8. The number of nitrogens with one attached hydrogen (secondary N) is 2. The van der Waals surface area contributed by atoms with Crippen LogP contribution >= 0.6 is 23.1 Å². The number of amides is 1. The van der Waals surface area contributed by atoms with Crippen molar-refractivity contribution in [3.8, 4) is 0 Å². The van der Waals surface area contributed by atoms with Crippen LogP contribution in [-0.4, -0.2) is 47.8 Å². The SMILES string of the molecule is O=C(CSc1nnc(Nc2cccc(F)c2)s1)N[C@@H]1CCS(=O)(=O)C1. The lowest BCUT2D eigenvalue weighted by atomic mass is 10.3. The maximum atomic E-state index is 13.1.